The van der Waals surface area contributed by atoms with Crippen molar-refractivity contribution < 1.29 is 23.8 Å². The molecule has 1 aromatic carbocycles. The normalized spacial score (nSPS) is 23.3. The van der Waals surface area contributed by atoms with Crippen molar-refractivity contribution in [2.75, 3.05) is 26.9 Å². The van der Waals surface area contributed by atoms with Gasteiger partial charge in [0.1, 0.15) is 18.4 Å². The van der Waals surface area contributed by atoms with Crippen molar-refractivity contribution in [2.45, 2.75) is 44.2 Å². The summed E-state index contributed by atoms with van der Waals surface area (Å²) >= 11 is 0. The van der Waals surface area contributed by atoms with E-state index < -0.39 is 6.04 Å². The number of likely N-dealkylation sites (tertiary alicyclic amines) is 1. The van der Waals surface area contributed by atoms with Crippen LogP contribution in [0.15, 0.2) is 24.3 Å². The lowest BCUT2D eigenvalue weighted by atomic mass is 10.0. The van der Waals surface area contributed by atoms with Crippen LogP contribution in [0.4, 0.5) is 0 Å². The summed E-state index contributed by atoms with van der Waals surface area (Å²) in [7, 11) is 1.36. The minimum Gasteiger partial charge on any atom is -0.491 e. The van der Waals surface area contributed by atoms with Gasteiger partial charge in [-0.2, -0.15) is 0 Å². The molecule has 2 fully saturated rings. The molecular formula is C19H25NO5. The van der Waals surface area contributed by atoms with Crippen LogP contribution in [-0.2, 0) is 14.3 Å². The van der Waals surface area contributed by atoms with Gasteiger partial charge in [0.25, 0.3) is 5.91 Å². The smallest absolute Gasteiger partial charge is 0.328 e. The van der Waals surface area contributed by atoms with Gasteiger partial charge < -0.3 is 19.1 Å². The first-order valence-electron chi connectivity index (χ1n) is 8.92. The van der Waals surface area contributed by atoms with Gasteiger partial charge in [0, 0.05) is 18.7 Å². The van der Waals surface area contributed by atoms with E-state index in [0.717, 1.165) is 38.0 Å². The number of hydrogen-bond donors (Lipinski definition) is 0. The number of carbonyl (C=O) groups excluding carboxylic acids is 2. The van der Waals surface area contributed by atoms with Gasteiger partial charge in [0.15, 0.2) is 0 Å². The second-order valence-corrected chi connectivity index (χ2v) is 6.50. The molecule has 2 atom stereocenters. The Bertz CT molecular complexity index is 594. The summed E-state index contributed by atoms with van der Waals surface area (Å²) in [4.78, 5) is 26.3. The Balaban J connectivity index is 1.61. The summed E-state index contributed by atoms with van der Waals surface area (Å²) in [5.74, 6) is 0.237. The van der Waals surface area contributed by atoms with Crippen molar-refractivity contribution in [1.82, 2.24) is 4.90 Å². The highest BCUT2D eigenvalue weighted by Gasteiger charge is 2.33. The van der Waals surface area contributed by atoms with Gasteiger partial charge in [0.2, 0.25) is 0 Å². The van der Waals surface area contributed by atoms with E-state index in [0.29, 0.717) is 25.1 Å². The standard InChI is InChI=1S/C19H25NO5/c1-23-19(22)17-6-2-3-11-20(17)18(21)14-7-9-15(10-8-14)25-13-16-5-4-12-24-16/h7-10,16-17H,2-6,11-13H2,1H3. The van der Waals surface area contributed by atoms with Crippen molar-refractivity contribution in [3.63, 3.8) is 0 Å². The zero-order valence-corrected chi connectivity index (χ0v) is 14.6. The van der Waals surface area contributed by atoms with Crippen molar-refractivity contribution in [1.29, 1.82) is 0 Å². The van der Waals surface area contributed by atoms with Crippen LogP contribution in [0.5, 0.6) is 5.75 Å². The van der Waals surface area contributed by atoms with Crippen LogP contribution in [0.1, 0.15) is 42.5 Å². The molecule has 1 aromatic rings. The number of hydrogen-bond acceptors (Lipinski definition) is 5. The molecule has 2 aliphatic heterocycles. The summed E-state index contributed by atoms with van der Waals surface area (Å²) in [5, 5.41) is 0. The number of rotatable bonds is 5. The second-order valence-electron chi connectivity index (χ2n) is 6.50. The highest BCUT2D eigenvalue weighted by molar-refractivity contribution is 5.97. The maximum absolute atomic E-state index is 12.8. The third kappa shape index (κ3) is 4.31. The molecule has 0 aliphatic carbocycles. The monoisotopic (exact) mass is 347 g/mol. The molecule has 0 bridgehead atoms. The Labute approximate surface area is 148 Å². The van der Waals surface area contributed by atoms with E-state index in [1.165, 1.54) is 7.11 Å². The first-order chi connectivity index (χ1) is 12.2. The molecule has 0 spiro atoms. The van der Waals surface area contributed by atoms with E-state index in [1.807, 2.05) is 0 Å². The lowest BCUT2D eigenvalue weighted by Crippen LogP contribution is -2.48. The number of esters is 1. The fourth-order valence-electron chi connectivity index (χ4n) is 3.38. The van der Waals surface area contributed by atoms with Crippen LogP contribution in [-0.4, -0.2) is 55.8 Å². The molecule has 2 saturated heterocycles. The number of amides is 1. The van der Waals surface area contributed by atoms with E-state index >= 15 is 0 Å². The number of nitrogens with zero attached hydrogens (tertiary/aromatic N) is 1. The first-order valence-corrected chi connectivity index (χ1v) is 8.92. The molecule has 136 valence electrons. The fourth-order valence-corrected chi connectivity index (χ4v) is 3.38. The van der Waals surface area contributed by atoms with Crippen molar-refractivity contribution >= 4 is 11.9 Å². The predicted molar refractivity (Wildman–Crippen MR) is 91.6 cm³/mol. The van der Waals surface area contributed by atoms with Crippen molar-refractivity contribution in [2.24, 2.45) is 0 Å². The molecule has 0 N–H and O–H groups in total. The highest BCUT2D eigenvalue weighted by atomic mass is 16.5. The largest absolute Gasteiger partial charge is 0.491 e. The molecule has 0 radical (unpaired) electrons. The van der Waals surface area contributed by atoms with Crippen LogP contribution in [0.25, 0.3) is 0 Å². The minimum atomic E-state index is -0.485. The van der Waals surface area contributed by atoms with Crippen LogP contribution in [0.3, 0.4) is 0 Å². The molecular weight excluding hydrogens is 322 g/mol. The summed E-state index contributed by atoms with van der Waals surface area (Å²) in [5.41, 5.74) is 0.556. The molecule has 6 heteroatoms. The summed E-state index contributed by atoms with van der Waals surface area (Å²) in [6, 6.07) is 6.59. The quantitative estimate of drug-likeness (QED) is 0.766. The van der Waals surface area contributed by atoms with Gasteiger partial charge in [-0.3, -0.25) is 4.79 Å². The average molecular weight is 347 g/mol. The van der Waals surface area contributed by atoms with Gasteiger partial charge >= 0.3 is 5.97 Å². The fraction of sp³-hybridized carbons (Fsp3) is 0.579. The van der Waals surface area contributed by atoms with Gasteiger partial charge in [-0.1, -0.05) is 0 Å². The Kier molecular flexibility index (Phi) is 5.91. The molecule has 2 aliphatic rings. The average Bonchev–Trinajstić information content (AvgIpc) is 3.19. The van der Waals surface area contributed by atoms with E-state index in [4.69, 9.17) is 14.2 Å². The van der Waals surface area contributed by atoms with Crippen LogP contribution >= 0.6 is 0 Å². The van der Waals surface area contributed by atoms with Crippen LogP contribution in [0.2, 0.25) is 0 Å². The predicted octanol–water partition coefficient (Wildman–Crippen LogP) is 2.41. The Hall–Kier alpha value is -2.08. The third-order valence-corrected chi connectivity index (χ3v) is 4.80. The Morgan fingerprint density at radius 1 is 1.16 bits per heavy atom. The minimum absolute atomic E-state index is 0.138. The number of methoxy groups -OCH3 is 1. The summed E-state index contributed by atoms with van der Waals surface area (Å²) in [6.07, 6.45) is 4.76. The molecule has 1 amide bonds. The van der Waals surface area contributed by atoms with E-state index in [2.05, 4.69) is 0 Å². The van der Waals surface area contributed by atoms with Crippen molar-refractivity contribution in [3.05, 3.63) is 29.8 Å². The van der Waals surface area contributed by atoms with E-state index in [9.17, 15) is 9.59 Å². The van der Waals surface area contributed by atoms with Crippen LogP contribution < -0.4 is 4.74 Å². The lowest BCUT2D eigenvalue weighted by Gasteiger charge is -2.33. The molecule has 25 heavy (non-hydrogen) atoms. The molecule has 2 heterocycles. The van der Waals surface area contributed by atoms with Crippen molar-refractivity contribution in [3.8, 4) is 5.75 Å². The Morgan fingerprint density at radius 2 is 1.96 bits per heavy atom. The molecule has 2 unspecified atom stereocenters. The van der Waals surface area contributed by atoms with E-state index in [-0.39, 0.29) is 18.0 Å². The zero-order chi connectivity index (χ0) is 17.6. The number of carbonyl (C=O) groups is 2. The van der Waals surface area contributed by atoms with Gasteiger partial charge in [0.05, 0.1) is 13.2 Å². The van der Waals surface area contributed by atoms with E-state index in [1.54, 1.807) is 29.2 Å². The number of benzene rings is 1. The summed E-state index contributed by atoms with van der Waals surface area (Å²) in [6.45, 7) is 1.92. The van der Waals surface area contributed by atoms with Crippen LogP contribution in [0, 0.1) is 0 Å². The lowest BCUT2D eigenvalue weighted by molar-refractivity contribution is -0.147. The highest BCUT2D eigenvalue weighted by Crippen LogP contribution is 2.22. The maximum Gasteiger partial charge on any atom is 0.328 e. The first kappa shape index (κ1) is 17.7. The maximum atomic E-state index is 12.8. The summed E-state index contributed by atoms with van der Waals surface area (Å²) < 4.78 is 16.1. The third-order valence-electron chi connectivity index (χ3n) is 4.80. The number of piperidine rings is 1. The SMILES string of the molecule is COC(=O)C1CCCCN1C(=O)c1ccc(OCC2CCCO2)cc1. The molecule has 0 aromatic heterocycles. The topological polar surface area (TPSA) is 65.1 Å². The van der Waals surface area contributed by atoms with Gasteiger partial charge in [-0.05, 0) is 56.4 Å². The second kappa shape index (κ2) is 8.34. The zero-order valence-electron chi connectivity index (χ0n) is 14.6. The Morgan fingerprint density at radius 3 is 2.64 bits per heavy atom. The molecule has 0 saturated carbocycles. The molecule has 3 rings (SSSR count). The number of ether oxygens (including phenoxy) is 3. The van der Waals surface area contributed by atoms with Gasteiger partial charge in [-0.15, -0.1) is 0 Å². The molecule has 6 nitrogen and oxygen atoms in total. The van der Waals surface area contributed by atoms with Gasteiger partial charge in [-0.25, -0.2) is 4.79 Å².